The summed E-state index contributed by atoms with van der Waals surface area (Å²) in [5.41, 5.74) is 3.64. The molecule has 2 aliphatic rings. The molecule has 1 N–H and O–H groups in total. The maximum Gasteiger partial charge on any atom is 0.258 e. The monoisotopic (exact) mass is 324 g/mol. The van der Waals surface area contributed by atoms with Crippen LogP contribution in [0.25, 0.3) is 0 Å². The van der Waals surface area contributed by atoms with E-state index in [0.717, 1.165) is 36.2 Å². The highest BCUT2D eigenvalue weighted by Crippen LogP contribution is 2.44. The Bertz CT molecular complexity index is 862. The van der Waals surface area contributed by atoms with E-state index in [2.05, 4.69) is 5.32 Å². The van der Waals surface area contributed by atoms with Gasteiger partial charge in [0.25, 0.3) is 5.91 Å². The van der Waals surface area contributed by atoms with Crippen LogP contribution in [0.1, 0.15) is 40.7 Å². The van der Waals surface area contributed by atoms with Crippen molar-refractivity contribution in [1.29, 1.82) is 0 Å². The average molecular weight is 324 g/mol. The molecule has 2 aromatic carbocycles. The second-order valence-electron chi connectivity index (χ2n) is 6.32. The van der Waals surface area contributed by atoms with E-state index in [1.54, 1.807) is 12.1 Å². The van der Waals surface area contributed by atoms with Crippen molar-refractivity contribution in [3.8, 4) is 0 Å². The molecule has 0 fully saturated rings. The zero-order valence-electron chi connectivity index (χ0n) is 13.3. The molecule has 4 rings (SSSR count). The number of halogens is 1. The van der Waals surface area contributed by atoms with Crippen molar-refractivity contribution >= 4 is 23.2 Å². The van der Waals surface area contributed by atoms with Gasteiger partial charge in [0.15, 0.2) is 0 Å². The fourth-order valence-corrected chi connectivity index (χ4v) is 3.61. The first-order chi connectivity index (χ1) is 11.6. The van der Waals surface area contributed by atoms with Crippen molar-refractivity contribution in [2.45, 2.75) is 25.7 Å². The molecule has 2 amide bonds. The van der Waals surface area contributed by atoms with Crippen LogP contribution < -0.4 is 10.2 Å². The van der Waals surface area contributed by atoms with Crippen molar-refractivity contribution in [3.63, 3.8) is 0 Å². The van der Waals surface area contributed by atoms with E-state index in [9.17, 15) is 14.0 Å². The summed E-state index contributed by atoms with van der Waals surface area (Å²) < 4.78 is 13.8. The lowest BCUT2D eigenvalue weighted by Gasteiger charge is -2.26. The van der Waals surface area contributed by atoms with Crippen LogP contribution in [0.4, 0.5) is 15.8 Å². The van der Waals surface area contributed by atoms with Crippen LogP contribution in [0.3, 0.4) is 0 Å². The van der Waals surface area contributed by atoms with Gasteiger partial charge in [-0.2, -0.15) is 0 Å². The molecule has 0 saturated carbocycles. The lowest BCUT2D eigenvalue weighted by Crippen LogP contribution is -2.32. The fourth-order valence-electron chi connectivity index (χ4n) is 3.61. The molecule has 1 atom stereocenters. The number of aryl methyl sites for hydroxylation is 1. The summed E-state index contributed by atoms with van der Waals surface area (Å²) in [5, 5.41) is 2.77. The molecule has 0 aromatic heterocycles. The van der Waals surface area contributed by atoms with Gasteiger partial charge in [-0.25, -0.2) is 4.39 Å². The molecule has 2 aliphatic heterocycles. The van der Waals surface area contributed by atoms with E-state index < -0.39 is 11.7 Å². The van der Waals surface area contributed by atoms with E-state index in [0.29, 0.717) is 5.69 Å². The molecule has 122 valence electrons. The van der Waals surface area contributed by atoms with Gasteiger partial charge in [0.2, 0.25) is 5.91 Å². The summed E-state index contributed by atoms with van der Waals surface area (Å²) >= 11 is 0. The van der Waals surface area contributed by atoms with Gasteiger partial charge in [-0.05, 0) is 55.2 Å². The standard InChI is InChI=1S/C19H17FN2O2/c1-11-15-10-13(21-18(23)14-6-2-3-7-16(14)20)9-12-5-4-8-22(17(12)15)19(11)24/h2-3,6-7,9-11H,4-5,8H2,1H3,(H,21,23)/t11-/m1/s1. The zero-order chi connectivity index (χ0) is 16.8. The van der Waals surface area contributed by atoms with Gasteiger partial charge >= 0.3 is 0 Å². The quantitative estimate of drug-likeness (QED) is 0.919. The highest BCUT2D eigenvalue weighted by molar-refractivity contribution is 6.08. The van der Waals surface area contributed by atoms with Crippen molar-refractivity contribution in [2.24, 2.45) is 0 Å². The Morgan fingerprint density at radius 2 is 2.08 bits per heavy atom. The van der Waals surface area contributed by atoms with Crippen LogP contribution >= 0.6 is 0 Å². The molecule has 0 spiro atoms. The lowest BCUT2D eigenvalue weighted by atomic mass is 9.96. The summed E-state index contributed by atoms with van der Waals surface area (Å²) in [6, 6.07) is 9.63. The number of benzene rings is 2. The number of amides is 2. The van der Waals surface area contributed by atoms with E-state index >= 15 is 0 Å². The molecule has 4 nitrogen and oxygen atoms in total. The van der Waals surface area contributed by atoms with Crippen molar-refractivity contribution in [2.75, 3.05) is 16.8 Å². The fraction of sp³-hybridized carbons (Fsp3) is 0.263. The minimum Gasteiger partial charge on any atom is -0.322 e. The number of hydrogen-bond acceptors (Lipinski definition) is 2. The molecule has 0 radical (unpaired) electrons. The SMILES string of the molecule is C[C@H]1C(=O)N2CCCc3cc(NC(=O)c4ccccc4F)cc1c32. The highest BCUT2D eigenvalue weighted by Gasteiger charge is 2.37. The Hall–Kier alpha value is -2.69. The zero-order valence-corrected chi connectivity index (χ0v) is 13.3. The van der Waals surface area contributed by atoms with E-state index in [-0.39, 0.29) is 17.4 Å². The maximum absolute atomic E-state index is 13.8. The normalized spacial score (nSPS) is 18.5. The minimum atomic E-state index is -0.549. The molecule has 0 bridgehead atoms. The van der Waals surface area contributed by atoms with Gasteiger partial charge in [0, 0.05) is 12.2 Å². The third-order valence-corrected chi connectivity index (χ3v) is 4.80. The predicted molar refractivity (Wildman–Crippen MR) is 89.9 cm³/mol. The number of carbonyl (C=O) groups excluding carboxylic acids is 2. The number of carbonyl (C=O) groups is 2. The van der Waals surface area contributed by atoms with Crippen LogP contribution in [0, 0.1) is 5.82 Å². The summed E-state index contributed by atoms with van der Waals surface area (Å²) in [5.74, 6) is -1.12. The first kappa shape index (κ1) is 14.9. The van der Waals surface area contributed by atoms with Crippen LogP contribution in [-0.2, 0) is 11.2 Å². The van der Waals surface area contributed by atoms with Gasteiger partial charge in [-0.3, -0.25) is 9.59 Å². The molecular weight excluding hydrogens is 307 g/mol. The molecule has 2 heterocycles. The molecular formula is C19H17FN2O2. The third kappa shape index (κ3) is 2.19. The summed E-state index contributed by atoms with van der Waals surface area (Å²) in [7, 11) is 0. The van der Waals surface area contributed by atoms with Gasteiger partial charge in [0.05, 0.1) is 17.2 Å². The van der Waals surface area contributed by atoms with Gasteiger partial charge in [0.1, 0.15) is 5.82 Å². The van der Waals surface area contributed by atoms with Crippen LogP contribution in [0.2, 0.25) is 0 Å². The largest absolute Gasteiger partial charge is 0.322 e. The third-order valence-electron chi connectivity index (χ3n) is 4.80. The van der Waals surface area contributed by atoms with Gasteiger partial charge in [-0.15, -0.1) is 0 Å². The van der Waals surface area contributed by atoms with Crippen molar-refractivity contribution in [3.05, 3.63) is 58.9 Å². The number of nitrogens with one attached hydrogen (secondary N) is 1. The van der Waals surface area contributed by atoms with Crippen LogP contribution in [0.5, 0.6) is 0 Å². The van der Waals surface area contributed by atoms with E-state index in [1.165, 1.54) is 12.1 Å². The Labute approximate surface area is 139 Å². The van der Waals surface area contributed by atoms with E-state index in [1.807, 2.05) is 24.0 Å². The Kier molecular flexibility index (Phi) is 3.37. The predicted octanol–water partition coefficient (Wildman–Crippen LogP) is 3.47. The number of hydrogen-bond donors (Lipinski definition) is 1. The first-order valence-electron chi connectivity index (χ1n) is 8.10. The summed E-state index contributed by atoms with van der Waals surface area (Å²) in [6.45, 7) is 2.64. The van der Waals surface area contributed by atoms with Crippen molar-refractivity contribution < 1.29 is 14.0 Å². The Morgan fingerprint density at radius 1 is 1.29 bits per heavy atom. The maximum atomic E-state index is 13.8. The van der Waals surface area contributed by atoms with Gasteiger partial charge < -0.3 is 10.2 Å². The second-order valence-corrected chi connectivity index (χ2v) is 6.32. The second kappa shape index (κ2) is 5.44. The minimum absolute atomic E-state index is 0.0115. The summed E-state index contributed by atoms with van der Waals surface area (Å²) in [4.78, 5) is 26.5. The molecule has 0 unspecified atom stereocenters. The molecule has 24 heavy (non-hydrogen) atoms. The molecule has 0 saturated heterocycles. The number of nitrogens with zero attached hydrogens (tertiary/aromatic N) is 1. The average Bonchev–Trinajstić information content (AvgIpc) is 2.82. The Morgan fingerprint density at radius 3 is 2.88 bits per heavy atom. The number of anilines is 2. The highest BCUT2D eigenvalue weighted by atomic mass is 19.1. The summed E-state index contributed by atoms with van der Waals surface area (Å²) in [6.07, 6.45) is 1.79. The van der Waals surface area contributed by atoms with E-state index in [4.69, 9.17) is 0 Å². The first-order valence-corrected chi connectivity index (χ1v) is 8.10. The molecule has 0 aliphatic carbocycles. The van der Waals surface area contributed by atoms with Crippen LogP contribution in [0.15, 0.2) is 36.4 Å². The van der Waals surface area contributed by atoms with Crippen molar-refractivity contribution in [1.82, 2.24) is 0 Å². The van der Waals surface area contributed by atoms with Gasteiger partial charge in [-0.1, -0.05) is 12.1 Å². The number of rotatable bonds is 2. The van der Waals surface area contributed by atoms with Crippen LogP contribution in [-0.4, -0.2) is 18.4 Å². The molecule has 2 aromatic rings. The smallest absolute Gasteiger partial charge is 0.258 e. The topological polar surface area (TPSA) is 49.4 Å². The molecule has 5 heteroatoms. The Balaban J connectivity index is 1.70. The lowest BCUT2D eigenvalue weighted by molar-refractivity contribution is -0.119.